The van der Waals surface area contributed by atoms with Crippen molar-refractivity contribution in [3.63, 3.8) is 0 Å². The number of hydrogen-bond acceptors (Lipinski definition) is 4. The molecule has 0 aliphatic carbocycles. The minimum atomic E-state index is -0.549. The summed E-state index contributed by atoms with van der Waals surface area (Å²) in [4.78, 5) is 26.6. The van der Waals surface area contributed by atoms with Crippen LogP contribution in [0.15, 0.2) is 0 Å². The highest BCUT2D eigenvalue weighted by Crippen LogP contribution is 2.18. The molecule has 1 amide bonds. The van der Waals surface area contributed by atoms with Gasteiger partial charge in [0.1, 0.15) is 12.1 Å². The third-order valence-corrected chi connectivity index (χ3v) is 4.49. The van der Waals surface area contributed by atoms with Crippen LogP contribution in [0, 0.1) is 11.8 Å². The van der Waals surface area contributed by atoms with Crippen LogP contribution in [0.4, 0.5) is 0 Å². The second-order valence-corrected chi connectivity index (χ2v) is 7.44. The molecule has 0 radical (unpaired) electrons. The maximum Gasteiger partial charge on any atom is 0.329 e. The van der Waals surface area contributed by atoms with Gasteiger partial charge in [-0.05, 0) is 45.1 Å². The molecule has 0 fully saturated rings. The molecule has 3 unspecified atom stereocenters. The van der Waals surface area contributed by atoms with Crippen LogP contribution in [0.1, 0.15) is 67.2 Å². The maximum absolute atomic E-state index is 12.7. The van der Waals surface area contributed by atoms with Crippen LogP contribution in [0.3, 0.4) is 0 Å². The Morgan fingerprint density at radius 1 is 1.08 bits per heavy atom. The summed E-state index contributed by atoms with van der Waals surface area (Å²) >= 11 is 0. The van der Waals surface area contributed by atoms with E-state index in [1.807, 2.05) is 20.8 Å². The fourth-order valence-electron chi connectivity index (χ4n) is 2.78. The molecule has 1 N–H and O–H groups in total. The van der Waals surface area contributed by atoms with Gasteiger partial charge in [0, 0.05) is 7.05 Å². The molecule has 0 saturated carbocycles. The number of ether oxygens (including phenoxy) is 1. The molecule has 24 heavy (non-hydrogen) atoms. The Labute approximate surface area is 148 Å². The molecule has 142 valence electrons. The Hall–Kier alpha value is -1.10. The van der Waals surface area contributed by atoms with Gasteiger partial charge in [0.05, 0.1) is 6.04 Å². The highest BCUT2D eigenvalue weighted by Gasteiger charge is 2.33. The van der Waals surface area contributed by atoms with Crippen LogP contribution < -0.4 is 5.32 Å². The summed E-state index contributed by atoms with van der Waals surface area (Å²) in [6, 6.07) is -0.871. The van der Waals surface area contributed by atoms with E-state index in [4.69, 9.17) is 4.74 Å². The molecule has 3 atom stereocenters. The Kier molecular flexibility index (Phi) is 10.9. The molecule has 5 nitrogen and oxygen atoms in total. The summed E-state index contributed by atoms with van der Waals surface area (Å²) in [6.45, 7) is 12.1. The first-order valence-corrected chi connectivity index (χ1v) is 9.30. The van der Waals surface area contributed by atoms with Gasteiger partial charge in [-0.1, -0.05) is 41.0 Å². The average molecular weight is 343 g/mol. The predicted octanol–water partition coefficient (Wildman–Crippen LogP) is 3.23. The van der Waals surface area contributed by atoms with Crippen molar-refractivity contribution in [2.24, 2.45) is 11.8 Å². The van der Waals surface area contributed by atoms with E-state index in [2.05, 4.69) is 19.2 Å². The maximum atomic E-state index is 12.7. The summed E-state index contributed by atoms with van der Waals surface area (Å²) in [5, 5.41) is 2.93. The summed E-state index contributed by atoms with van der Waals surface area (Å²) < 4.78 is 5.74. The van der Waals surface area contributed by atoms with Gasteiger partial charge in [-0.15, -0.1) is 0 Å². The lowest BCUT2D eigenvalue weighted by molar-refractivity contribution is -0.161. The van der Waals surface area contributed by atoms with E-state index >= 15 is 0 Å². The number of carbonyl (C=O) groups is 2. The Balaban J connectivity index is 4.86. The standard InChI is InChI=1S/C19H38N2O3/c1-9-16(12-10-11-13(2)3)24-19(23)17(14(4)5)21(8)18(22)15(6)20-7/h13-17,20H,9-12H2,1-8H3. The topological polar surface area (TPSA) is 58.6 Å². The zero-order valence-electron chi connectivity index (χ0n) is 16.9. The number of likely N-dealkylation sites (N-methyl/N-ethyl adjacent to an activating group) is 2. The smallest absolute Gasteiger partial charge is 0.329 e. The molecule has 0 aliphatic rings. The molecular weight excluding hydrogens is 304 g/mol. The minimum Gasteiger partial charge on any atom is -0.461 e. The normalized spacial score (nSPS) is 15.2. The largest absolute Gasteiger partial charge is 0.461 e. The molecule has 5 heteroatoms. The first kappa shape index (κ1) is 22.9. The third kappa shape index (κ3) is 7.65. The first-order valence-electron chi connectivity index (χ1n) is 9.30. The van der Waals surface area contributed by atoms with E-state index < -0.39 is 6.04 Å². The SMILES string of the molecule is CCC(CCCC(C)C)OC(=O)C(C(C)C)N(C)C(=O)C(C)NC. The highest BCUT2D eigenvalue weighted by molar-refractivity contribution is 5.87. The molecule has 0 aromatic carbocycles. The van der Waals surface area contributed by atoms with Crippen LogP contribution in [-0.4, -0.2) is 49.1 Å². The monoisotopic (exact) mass is 342 g/mol. The Bertz CT molecular complexity index is 383. The van der Waals surface area contributed by atoms with Crippen molar-refractivity contribution in [1.29, 1.82) is 0 Å². The van der Waals surface area contributed by atoms with Crippen molar-refractivity contribution >= 4 is 11.9 Å². The Morgan fingerprint density at radius 3 is 2.08 bits per heavy atom. The van der Waals surface area contributed by atoms with Gasteiger partial charge in [-0.2, -0.15) is 0 Å². The van der Waals surface area contributed by atoms with E-state index in [-0.39, 0.29) is 29.9 Å². The van der Waals surface area contributed by atoms with Gasteiger partial charge in [0.15, 0.2) is 0 Å². The molecule has 0 aromatic rings. The van der Waals surface area contributed by atoms with Crippen LogP contribution in [0.5, 0.6) is 0 Å². The van der Waals surface area contributed by atoms with E-state index in [0.717, 1.165) is 25.7 Å². The number of hydrogen-bond donors (Lipinski definition) is 1. The molecule has 0 aromatic heterocycles. The molecular formula is C19H38N2O3. The number of nitrogens with one attached hydrogen (secondary N) is 1. The lowest BCUT2D eigenvalue weighted by atomic mass is 10.0. The van der Waals surface area contributed by atoms with E-state index in [9.17, 15) is 9.59 Å². The predicted molar refractivity (Wildman–Crippen MR) is 98.8 cm³/mol. The second-order valence-electron chi connectivity index (χ2n) is 7.44. The second kappa shape index (κ2) is 11.5. The highest BCUT2D eigenvalue weighted by atomic mass is 16.5. The average Bonchev–Trinajstić information content (AvgIpc) is 2.51. The van der Waals surface area contributed by atoms with Gasteiger partial charge in [-0.3, -0.25) is 4.79 Å². The zero-order valence-corrected chi connectivity index (χ0v) is 16.9. The van der Waals surface area contributed by atoms with Gasteiger partial charge < -0.3 is 15.0 Å². The molecule has 0 spiro atoms. The zero-order chi connectivity index (χ0) is 18.9. The summed E-state index contributed by atoms with van der Waals surface area (Å²) in [5.41, 5.74) is 0. The summed E-state index contributed by atoms with van der Waals surface area (Å²) in [5.74, 6) is 0.277. The van der Waals surface area contributed by atoms with Crippen molar-refractivity contribution in [3.8, 4) is 0 Å². The van der Waals surface area contributed by atoms with E-state index in [1.165, 1.54) is 4.90 Å². The summed E-state index contributed by atoms with van der Waals surface area (Å²) in [7, 11) is 3.42. The van der Waals surface area contributed by atoms with Crippen molar-refractivity contribution in [2.75, 3.05) is 14.1 Å². The number of esters is 1. The minimum absolute atomic E-state index is 0.00340. The lowest BCUT2D eigenvalue weighted by Crippen LogP contribution is -2.52. The molecule has 0 aliphatic heterocycles. The Morgan fingerprint density at radius 2 is 1.67 bits per heavy atom. The van der Waals surface area contributed by atoms with Crippen LogP contribution >= 0.6 is 0 Å². The van der Waals surface area contributed by atoms with Crippen molar-refractivity contribution < 1.29 is 14.3 Å². The number of rotatable bonds is 11. The molecule has 0 saturated heterocycles. The lowest BCUT2D eigenvalue weighted by Gasteiger charge is -2.32. The van der Waals surface area contributed by atoms with Gasteiger partial charge in [0.25, 0.3) is 0 Å². The van der Waals surface area contributed by atoms with E-state index in [0.29, 0.717) is 5.92 Å². The van der Waals surface area contributed by atoms with Crippen molar-refractivity contribution in [2.45, 2.75) is 85.4 Å². The number of nitrogens with zero attached hydrogens (tertiary/aromatic N) is 1. The summed E-state index contributed by atoms with van der Waals surface area (Å²) in [6.07, 6.45) is 3.82. The fraction of sp³-hybridized carbons (Fsp3) is 0.895. The first-order chi connectivity index (χ1) is 11.1. The van der Waals surface area contributed by atoms with Gasteiger partial charge in [0.2, 0.25) is 5.91 Å². The molecule has 0 heterocycles. The van der Waals surface area contributed by atoms with Crippen molar-refractivity contribution in [3.05, 3.63) is 0 Å². The van der Waals surface area contributed by atoms with Crippen LogP contribution in [0.2, 0.25) is 0 Å². The van der Waals surface area contributed by atoms with Gasteiger partial charge >= 0.3 is 5.97 Å². The number of carbonyl (C=O) groups excluding carboxylic acids is 2. The van der Waals surface area contributed by atoms with Crippen molar-refractivity contribution in [1.82, 2.24) is 10.2 Å². The third-order valence-electron chi connectivity index (χ3n) is 4.49. The fourth-order valence-corrected chi connectivity index (χ4v) is 2.78. The van der Waals surface area contributed by atoms with E-state index in [1.54, 1.807) is 21.0 Å². The molecule has 0 bridgehead atoms. The van der Waals surface area contributed by atoms with Crippen LogP contribution in [-0.2, 0) is 14.3 Å². The number of amides is 1. The molecule has 0 rings (SSSR count). The quantitative estimate of drug-likeness (QED) is 0.586. The van der Waals surface area contributed by atoms with Crippen LogP contribution in [0.25, 0.3) is 0 Å². The van der Waals surface area contributed by atoms with Gasteiger partial charge in [-0.25, -0.2) is 4.79 Å².